The average molecular weight is 212 g/mol. The second-order valence-electron chi connectivity index (χ2n) is 3.14. The molecule has 0 bridgehead atoms. The fourth-order valence-corrected chi connectivity index (χ4v) is 1.91. The first-order chi connectivity index (χ1) is 6.83. The van der Waals surface area contributed by atoms with E-state index in [1.165, 1.54) is 0 Å². The molecule has 0 fully saturated rings. The van der Waals surface area contributed by atoms with Gasteiger partial charge in [0.15, 0.2) is 0 Å². The number of rotatable bonds is 6. The van der Waals surface area contributed by atoms with Crippen LogP contribution >= 0.6 is 11.8 Å². The van der Waals surface area contributed by atoms with E-state index in [2.05, 4.69) is 0 Å². The summed E-state index contributed by atoms with van der Waals surface area (Å²) < 4.78 is 0. The van der Waals surface area contributed by atoms with Gasteiger partial charge in [0, 0.05) is 11.5 Å². The minimum atomic E-state index is -0.311. The summed E-state index contributed by atoms with van der Waals surface area (Å²) in [5.41, 5.74) is 1.16. The first kappa shape index (κ1) is 11.6. The molecule has 0 aliphatic carbocycles. The molecular formula is C11H16O2S. The van der Waals surface area contributed by atoms with Gasteiger partial charge in [0.25, 0.3) is 0 Å². The van der Waals surface area contributed by atoms with Crippen LogP contribution in [0.25, 0.3) is 0 Å². The number of aliphatic hydroxyl groups is 2. The van der Waals surface area contributed by atoms with Crippen molar-refractivity contribution in [2.45, 2.75) is 12.5 Å². The lowest BCUT2D eigenvalue weighted by Gasteiger charge is -2.09. The fourth-order valence-electron chi connectivity index (χ4n) is 1.23. The molecule has 2 N–H and O–H groups in total. The largest absolute Gasteiger partial charge is 0.396 e. The van der Waals surface area contributed by atoms with Crippen molar-refractivity contribution in [1.82, 2.24) is 0 Å². The molecule has 1 atom stereocenters. The van der Waals surface area contributed by atoms with Crippen LogP contribution in [0.5, 0.6) is 0 Å². The minimum absolute atomic E-state index is 0.183. The van der Waals surface area contributed by atoms with Gasteiger partial charge in [0.1, 0.15) is 0 Å². The highest BCUT2D eigenvalue weighted by Crippen LogP contribution is 2.08. The number of aliphatic hydroxyl groups excluding tert-OH is 2. The van der Waals surface area contributed by atoms with Gasteiger partial charge in [-0.05, 0) is 12.0 Å². The molecule has 0 spiro atoms. The van der Waals surface area contributed by atoms with E-state index < -0.39 is 0 Å². The lowest BCUT2D eigenvalue weighted by atomic mass is 10.1. The normalized spacial score (nSPS) is 12.7. The van der Waals surface area contributed by atoms with Crippen LogP contribution in [0.2, 0.25) is 0 Å². The topological polar surface area (TPSA) is 40.5 Å². The molecule has 0 radical (unpaired) electrons. The second-order valence-corrected chi connectivity index (χ2v) is 4.29. The molecule has 0 aliphatic heterocycles. The molecule has 3 heteroatoms. The summed E-state index contributed by atoms with van der Waals surface area (Å²) in [7, 11) is 0. The smallest absolute Gasteiger partial charge is 0.0670 e. The minimum Gasteiger partial charge on any atom is -0.396 e. The van der Waals surface area contributed by atoms with Crippen molar-refractivity contribution in [3.05, 3.63) is 35.9 Å². The molecule has 0 saturated carbocycles. The monoisotopic (exact) mass is 212 g/mol. The number of hydrogen-bond donors (Lipinski definition) is 2. The maximum atomic E-state index is 9.63. The molecule has 0 heterocycles. The molecule has 1 unspecified atom stereocenters. The van der Waals surface area contributed by atoms with Crippen LogP contribution in [0, 0.1) is 0 Å². The molecule has 2 nitrogen and oxygen atoms in total. The lowest BCUT2D eigenvalue weighted by molar-refractivity contribution is 0.200. The van der Waals surface area contributed by atoms with Gasteiger partial charge in [-0.3, -0.25) is 0 Å². The summed E-state index contributed by atoms with van der Waals surface area (Å²) in [4.78, 5) is 0. The Morgan fingerprint density at radius 3 is 2.57 bits per heavy atom. The van der Waals surface area contributed by atoms with Crippen LogP contribution in [0.4, 0.5) is 0 Å². The zero-order valence-electron chi connectivity index (χ0n) is 8.10. The van der Waals surface area contributed by atoms with Crippen molar-refractivity contribution >= 4 is 11.8 Å². The maximum absolute atomic E-state index is 9.63. The van der Waals surface area contributed by atoms with Crippen LogP contribution in [0.15, 0.2) is 30.3 Å². The summed E-state index contributed by atoms with van der Waals surface area (Å²) >= 11 is 1.58. The van der Waals surface area contributed by atoms with Gasteiger partial charge in [-0.25, -0.2) is 0 Å². The number of hydrogen-bond acceptors (Lipinski definition) is 3. The summed E-state index contributed by atoms with van der Waals surface area (Å²) in [6.07, 6.45) is 0.383. The SMILES string of the molecule is OCCSCC(O)Cc1ccccc1. The van der Waals surface area contributed by atoms with E-state index in [9.17, 15) is 5.11 Å². The molecule has 1 aromatic rings. The van der Waals surface area contributed by atoms with E-state index in [1.54, 1.807) is 11.8 Å². The molecule has 0 saturated heterocycles. The fraction of sp³-hybridized carbons (Fsp3) is 0.455. The van der Waals surface area contributed by atoms with Crippen molar-refractivity contribution in [2.24, 2.45) is 0 Å². The van der Waals surface area contributed by atoms with E-state index >= 15 is 0 Å². The van der Waals surface area contributed by atoms with Crippen LogP contribution < -0.4 is 0 Å². The van der Waals surface area contributed by atoms with E-state index in [-0.39, 0.29) is 12.7 Å². The van der Waals surface area contributed by atoms with Gasteiger partial charge in [-0.2, -0.15) is 11.8 Å². The average Bonchev–Trinajstić information content (AvgIpc) is 2.20. The zero-order valence-corrected chi connectivity index (χ0v) is 8.91. The van der Waals surface area contributed by atoms with Crippen molar-refractivity contribution in [3.63, 3.8) is 0 Å². The zero-order chi connectivity index (χ0) is 10.2. The molecule has 14 heavy (non-hydrogen) atoms. The summed E-state index contributed by atoms with van der Waals surface area (Å²) in [6, 6.07) is 9.95. The highest BCUT2D eigenvalue weighted by atomic mass is 32.2. The molecule has 78 valence electrons. The Balaban J connectivity index is 2.23. The van der Waals surface area contributed by atoms with Gasteiger partial charge in [0.05, 0.1) is 12.7 Å². The van der Waals surface area contributed by atoms with Gasteiger partial charge >= 0.3 is 0 Å². The van der Waals surface area contributed by atoms with E-state index in [0.29, 0.717) is 17.9 Å². The van der Waals surface area contributed by atoms with Crippen LogP contribution in [0.1, 0.15) is 5.56 Å². The molecule has 1 rings (SSSR count). The van der Waals surface area contributed by atoms with E-state index in [0.717, 1.165) is 5.56 Å². The Kier molecular flexibility index (Phi) is 5.68. The predicted octanol–water partition coefficient (Wildman–Crippen LogP) is 1.32. The third-order valence-electron chi connectivity index (χ3n) is 1.86. The highest BCUT2D eigenvalue weighted by Gasteiger charge is 2.04. The number of thioether (sulfide) groups is 1. The Labute approximate surface area is 89.0 Å². The van der Waals surface area contributed by atoms with Gasteiger partial charge in [-0.1, -0.05) is 30.3 Å². The lowest BCUT2D eigenvalue weighted by Crippen LogP contribution is -2.14. The third-order valence-corrected chi connectivity index (χ3v) is 2.95. The van der Waals surface area contributed by atoms with Crippen molar-refractivity contribution in [3.8, 4) is 0 Å². The standard InChI is InChI=1S/C11H16O2S/c12-6-7-14-9-11(13)8-10-4-2-1-3-5-10/h1-5,11-13H,6-9H2. The Hall–Kier alpha value is -0.510. The second kappa shape index (κ2) is 6.87. The van der Waals surface area contributed by atoms with Crippen LogP contribution in [-0.4, -0.2) is 34.4 Å². The first-order valence-electron chi connectivity index (χ1n) is 4.73. The first-order valence-corrected chi connectivity index (χ1v) is 5.89. The van der Waals surface area contributed by atoms with Gasteiger partial charge in [0.2, 0.25) is 0 Å². The number of benzene rings is 1. The van der Waals surface area contributed by atoms with Crippen LogP contribution in [0.3, 0.4) is 0 Å². The Morgan fingerprint density at radius 2 is 1.93 bits per heavy atom. The Morgan fingerprint density at radius 1 is 1.21 bits per heavy atom. The molecular weight excluding hydrogens is 196 g/mol. The maximum Gasteiger partial charge on any atom is 0.0670 e. The summed E-state index contributed by atoms with van der Waals surface area (Å²) in [5, 5.41) is 18.2. The third kappa shape index (κ3) is 4.65. The van der Waals surface area contributed by atoms with E-state index in [4.69, 9.17) is 5.11 Å². The van der Waals surface area contributed by atoms with E-state index in [1.807, 2.05) is 30.3 Å². The Bertz CT molecular complexity index is 238. The molecule has 0 aliphatic rings. The quantitative estimate of drug-likeness (QED) is 0.699. The molecule has 0 amide bonds. The van der Waals surface area contributed by atoms with Crippen molar-refractivity contribution in [2.75, 3.05) is 18.1 Å². The summed E-state index contributed by atoms with van der Waals surface area (Å²) in [5.74, 6) is 1.39. The van der Waals surface area contributed by atoms with Gasteiger partial charge < -0.3 is 10.2 Å². The van der Waals surface area contributed by atoms with Crippen molar-refractivity contribution < 1.29 is 10.2 Å². The predicted molar refractivity (Wildman–Crippen MR) is 60.6 cm³/mol. The van der Waals surface area contributed by atoms with Crippen LogP contribution in [-0.2, 0) is 6.42 Å². The highest BCUT2D eigenvalue weighted by molar-refractivity contribution is 7.99. The van der Waals surface area contributed by atoms with Gasteiger partial charge in [-0.15, -0.1) is 0 Å². The van der Waals surface area contributed by atoms with Crippen molar-refractivity contribution in [1.29, 1.82) is 0 Å². The molecule has 1 aromatic carbocycles. The summed E-state index contributed by atoms with van der Waals surface area (Å²) in [6.45, 7) is 0.183. The molecule has 0 aromatic heterocycles.